The Morgan fingerprint density at radius 3 is 2.52 bits per heavy atom. The Kier molecular flexibility index (Phi) is 6.05. The van der Waals surface area contributed by atoms with Crippen LogP contribution in [-0.4, -0.2) is 55.2 Å². The molecule has 1 aromatic carbocycles. The van der Waals surface area contributed by atoms with Crippen LogP contribution in [0.4, 0.5) is 0 Å². The van der Waals surface area contributed by atoms with E-state index in [-0.39, 0.29) is 22.8 Å². The van der Waals surface area contributed by atoms with Gasteiger partial charge in [-0.15, -0.1) is 0 Å². The summed E-state index contributed by atoms with van der Waals surface area (Å²) in [7, 11) is -3.74. The van der Waals surface area contributed by atoms with Crippen LogP contribution in [0.25, 0.3) is 0 Å². The minimum atomic E-state index is -3.74. The van der Waals surface area contributed by atoms with Crippen LogP contribution < -0.4 is 5.32 Å². The van der Waals surface area contributed by atoms with Gasteiger partial charge in [0, 0.05) is 26.6 Å². The average Bonchev–Trinajstić information content (AvgIpc) is 2.82. The summed E-state index contributed by atoms with van der Waals surface area (Å²) in [5, 5.41) is 10.9. The van der Waals surface area contributed by atoms with Gasteiger partial charge in [-0.05, 0) is 37.5 Å². The number of guanidine groups is 1. The van der Waals surface area contributed by atoms with Gasteiger partial charge in [-0.3, -0.25) is 10.2 Å². The first kappa shape index (κ1) is 19.2. The van der Waals surface area contributed by atoms with Gasteiger partial charge in [-0.2, -0.15) is 0 Å². The Labute approximate surface area is 149 Å². The SMILES string of the molecule is CCCN1CC(C)N(S(=O)(=O)c2ccc(CCNC(C)=O)cc2)C1=N. The molecule has 1 aromatic rings. The number of hydrogen-bond donors (Lipinski definition) is 2. The lowest BCUT2D eigenvalue weighted by molar-refractivity contribution is -0.118. The van der Waals surface area contributed by atoms with E-state index in [1.807, 2.05) is 13.8 Å². The third-order valence-corrected chi connectivity index (χ3v) is 6.07. The number of hydrogen-bond acceptors (Lipinski definition) is 4. The van der Waals surface area contributed by atoms with Crippen molar-refractivity contribution in [3.63, 3.8) is 0 Å². The second-order valence-electron chi connectivity index (χ2n) is 6.30. The number of rotatable bonds is 7. The molecule has 1 unspecified atom stereocenters. The second-order valence-corrected chi connectivity index (χ2v) is 8.11. The molecule has 1 heterocycles. The van der Waals surface area contributed by atoms with Gasteiger partial charge in [0.25, 0.3) is 10.0 Å². The van der Waals surface area contributed by atoms with Crippen LogP contribution in [0.1, 0.15) is 32.8 Å². The van der Waals surface area contributed by atoms with Crippen molar-refractivity contribution < 1.29 is 13.2 Å². The van der Waals surface area contributed by atoms with Crippen LogP contribution in [0.5, 0.6) is 0 Å². The summed E-state index contributed by atoms with van der Waals surface area (Å²) < 4.78 is 27.0. The van der Waals surface area contributed by atoms with Crippen LogP contribution in [0, 0.1) is 5.41 Å². The molecule has 2 N–H and O–H groups in total. The zero-order valence-corrected chi connectivity index (χ0v) is 15.8. The molecule has 1 aliphatic rings. The number of benzene rings is 1. The highest BCUT2D eigenvalue weighted by Gasteiger charge is 2.39. The van der Waals surface area contributed by atoms with E-state index in [2.05, 4.69) is 5.32 Å². The molecule has 2 rings (SSSR count). The zero-order chi connectivity index (χ0) is 18.6. The first-order chi connectivity index (χ1) is 11.8. The van der Waals surface area contributed by atoms with E-state index in [4.69, 9.17) is 5.41 Å². The molecule has 1 amide bonds. The van der Waals surface area contributed by atoms with Gasteiger partial charge in [0.2, 0.25) is 11.9 Å². The topological polar surface area (TPSA) is 93.6 Å². The molecule has 8 heteroatoms. The van der Waals surface area contributed by atoms with Gasteiger partial charge >= 0.3 is 0 Å². The van der Waals surface area contributed by atoms with Crippen molar-refractivity contribution in [2.75, 3.05) is 19.6 Å². The Morgan fingerprint density at radius 2 is 1.96 bits per heavy atom. The molecule has 1 saturated heterocycles. The van der Waals surface area contributed by atoms with Crippen molar-refractivity contribution in [3.8, 4) is 0 Å². The number of sulfonamides is 1. The third-order valence-electron chi connectivity index (χ3n) is 4.15. The predicted molar refractivity (Wildman–Crippen MR) is 96.9 cm³/mol. The average molecular weight is 366 g/mol. The summed E-state index contributed by atoms with van der Waals surface area (Å²) in [6.45, 7) is 7.03. The van der Waals surface area contributed by atoms with Crippen LogP contribution >= 0.6 is 0 Å². The summed E-state index contributed by atoms with van der Waals surface area (Å²) in [4.78, 5) is 12.9. The van der Waals surface area contributed by atoms with Crippen molar-refractivity contribution in [1.82, 2.24) is 14.5 Å². The molecule has 0 aliphatic carbocycles. The number of nitrogens with zero attached hydrogens (tertiary/aromatic N) is 2. The van der Waals surface area contributed by atoms with Crippen molar-refractivity contribution in [2.24, 2.45) is 0 Å². The Balaban J connectivity index is 2.14. The fourth-order valence-corrected chi connectivity index (χ4v) is 4.56. The minimum Gasteiger partial charge on any atom is -0.356 e. The molecule has 0 saturated carbocycles. The van der Waals surface area contributed by atoms with Gasteiger partial charge in [-0.25, -0.2) is 12.7 Å². The lowest BCUT2D eigenvalue weighted by Crippen LogP contribution is -2.39. The second kappa shape index (κ2) is 7.86. The molecular weight excluding hydrogens is 340 g/mol. The Hall–Kier alpha value is -2.09. The molecule has 1 fully saturated rings. The van der Waals surface area contributed by atoms with E-state index >= 15 is 0 Å². The molecule has 1 atom stereocenters. The normalized spacial score (nSPS) is 17.9. The van der Waals surface area contributed by atoms with Crippen LogP contribution in [0.15, 0.2) is 29.2 Å². The van der Waals surface area contributed by atoms with E-state index in [0.717, 1.165) is 12.0 Å². The van der Waals surface area contributed by atoms with Crippen LogP contribution in [0.2, 0.25) is 0 Å². The van der Waals surface area contributed by atoms with Gasteiger partial charge in [0.05, 0.1) is 10.9 Å². The molecular formula is C17H26N4O3S. The van der Waals surface area contributed by atoms with E-state index in [1.54, 1.807) is 29.2 Å². The van der Waals surface area contributed by atoms with Gasteiger partial charge in [0.1, 0.15) is 0 Å². The van der Waals surface area contributed by atoms with E-state index in [9.17, 15) is 13.2 Å². The standard InChI is InChI=1S/C17H26N4O3S/c1-4-11-20-12-13(2)21(17(20)18)25(23,24)16-7-5-15(6-8-16)9-10-19-14(3)22/h5-8,13,18H,4,9-12H2,1-3H3,(H,19,22). The molecule has 138 valence electrons. The first-order valence-corrected chi connectivity index (χ1v) is 9.92. The number of nitrogens with one attached hydrogen (secondary N) is 2. The quantitative estimate of drug-likeness (QED) is 0.763. The summed E-state index contributed by atoms with van der Waals surface area (Å²) in [5.74, 6) is -0.0403. The van der Waals surface area contributed by atoms with Crippen molar-refractivity contribution in [2.45, 2.75) is 44.6 Å². The van der Waals surface area contributed by atoms with Crippen molar-refractivity contribution in [1.29, 1.82) is 5.41 Å². The summed E-state index contributed by atoms with van der Waals surface area (Å²) in [5.41, 5.74) is 0.949. The minimum absolute atomic E-state index is 0.0454. The summed E-state index contributed by atoms with van der Waals surface area (Å²) in [6, 6.07) is 6.39. The Bertz CT molecular complexity index is 731. The lowest BCUT2D eigenvalue weighted by Gasteiger charge is -2.23. The highest BCUT2D eigenvalue weighted by atomic mass is 32.2. The van der Waals surface area contributed by atoms with Crippen LogP contribution in [0.3, 0.4) is 0 Å². The molecule has 0 bridgehead atoms. The molecule has 7 nitrogen and oxygen atoms in total. The fraction of sp³-hybridized carbons (Fsp3) is 0.529. The third kappa shape index (κ3) is 4.31. The monoisotopic (exact) mass is 366 g/mol. The highest BCUT2D eigenvalue weighted by Crippen LogP contribution is 2.25. The summed E-state index contributed by atoms with van der Waals surface area (Å²) >= 11 is 0. The molecule has 25 heavy (non-hydrogen) atoms. The van der Waals surface area contributed by atoms with E-state index in [1.165, 1.54) is 11.2 Å². The van der Waals surface area contributed by atoms with E-state index < -0.39 is 10.0 Å². The largest absolute Gasteiger partial charge is 0.356 e. The smallest absolute Gasteiger partial charge is 0.266 e. The number of carbonyl (C=O) groups is 1. The van der Waals surface area contributed by atoms with E-state index in [0.29, 0.717) is 26.1 Å². The molecule has 0 radical (unpaired) electrons. The molecule has 1 aliphatic heterocycles. The molecule has 0 spiro atoms. The maximum atomic E-state index is 12.9. The summed E-state index contributed by atoms with van der Waals surface area (Å²) in [6.07, 6.45) is 1.51. The number of amides is 1. The zero-order valence-electron chi connectivity index (χ0n) is 14.9. The van der Waals surface area contributed by atoms with Gasteiger partial charge in [-0.1, -0.05) is 19.1 Å². The van der Waals surface area contributed by atoms with Gasteiger partial charge < -0.3 is 10.2 Å². The lowest BCUT2D eigenvalue weighted by atomic mass is 10.1. The van der Waals surface area contributed by atoms with Crippen molar-refractivity contribution >= 4 is 21.9 Å². The highest BCUT2D eigenvalue weighted by molar-refractivity contribution is 7.89. The number of carbonyl (C=O) groups excluding carboxylic acids is 1. The van der Waals surface area contributed by atoms with Crippen molar-refractivity contribution in [3.05, 3.63) is 29.8 Å². The van der Waals surface area contributed by atoms with Crippen LogP contribution in [-0.2, 0) is 21.2 Å². The predicted octanol–water partition coefficient (Wildman–Crippen LogP) is 1.40. The maximum Gasteiger partial charge on any atom is 0.266 e. The van der Waals surface area contributed by atoms with Gasteiger partial charge in [0.15, 0.2) is 0 Å². The maximum absolute atomic E-state index is 12.9. The Morgan fingerprint density at radius 1 is 1.32 bits per heavy atom. The molecule has 0 aromatic heterocycles. The fourth-order valence-electron chi connectivity index (χ4n) is 2.97. The first-order valence-electron chi connectivity index (χ1n) is 8.48.